The Balaban J connectivity index is 1.30. The monoisotopic (exact) mass is 358 g/mol. The summed E-state index contributed by atoms with van der Waals surface area (Å²) in [6, 6.07) is 19.1. The van der Waals surface area contributed by atoms with Gasteiger partial charge in [-0.2, -0.15) is 0 Å². The van der Waals surface area contributed by atoms with Crippen LogP contribution in [0.3, 0.4) is 0 Å². The summed E-state index contributed by atoms with van der Waals surface area (Å²) in [5.41, 5.74) is 7.23. The van der Waals surface area contributed by atoms with E-state index in [2.05, 4.69) is 65.8 Å². The number of H-pyrrole nitrogens is 1. The minimum Gasteiger partial charge on any atom is -0.357 e. The lowest BCUT2D eigenvalue weighted by Gasteiger charge is -2.34. The molecule has 3 aromatic rings. The van der Waals surface area contributed by atoms with Crippen molar-refractivity contribution in [2.24, 2.45) is 0 Å². The third-order valence-corrected chi connectivity index (χ3v) is 6.80. The topological polar surface area (TPSA) is 27.8 Å². The summed E-state index contributed by atoms with van der Waals surface area (Å²) in [5, 5.41) is 5.48. The van der Waals surface area contributed by atoms with Gasteiger partial charge in [0.2, 0.25) is 0 Å². The molecule has 2 aliphatic rings. The van der Waals surface area contributed by atoms with Crippen LogP contribution in [0.5, 0.6) is 0 Å². The molecule has 1 unspecified atom stereocenters. The van der Waals surface area contributed by atoms with Gasteiger partial charge in [0.25, 0.3) is 0 Å². The summed E-state index contributed by atoms with van der Waals surface area (Å²) in [6.45, 7) is 2.20. The number of fused-ring (bicyclic) bond motifs is 3. The molecule has 2 N–H and O–H groups in total. The van der Waals surface area contributed by atoms with Crippen molar-refractivity contribution >= 4 is 10.9 Å². The average Bonchev–Trinajstić information content (AvgIpc) is 3.08. The molecule has 27 heavy (non-hydrogen) atoms. The molecule has 2 aliphatic carbocycles. The van der Waals surface area contributed by atoms with E-state index < -0.39 is 0 Å². The summed E-state index contributed by atoms with van der Waals surface area (Å²) in [6.07, 6.45) is 9.00. The van der Waals surface area contributed by atoms with Gasteiger partial charge in [0, 0.05) is 28.7 Å². The van der Waals surface area contributed by atoms with Crippen LogP contribution < -0.4 is 5.32 Å². The molecule has 0 spiro atoms. The molecule has 2 nitrogen and oxygen atoms in total. The van der Waals surface area contributed by atoms with Crippen LogP contribution in [0.1, 0.15) is 72.9 Å². The van der Waals surface area contributed by atoms with Crippen molar-refractivity contribution in [3.8, 4) is 0 Å². The van der Waals surface area contributed by atoms with Gasteiger partial charge in [-0.05, 0) is 81.0 Å². The Bertz CT molecular complexity index is 916. The Hall–Kier alpha value is -2.06. The molecule has 0 radical (unpaired) electrons. The molecular formula is C25H30N2. The zero-order valence-electron chi connectivity index (χ0n) is 16.3. The second kappa shape index (κ2) is 7.16. The Morgan fingerprint density at radius 3 is 2.56 bits per heavy atom. The Labute approximate surface area is 162 Å². The van der Waals surface area contributed by atoms with Gasteiger partial charge in [-0.25, -0.2) is 0 Å². The molecule has 0 bridgehead atoms. The van der Waals surface area contributed by atoms with Gasteiger partial charge in [0.1, 0.15) is 0 Å². The fourth-order valence-electron chi connectivity index (χ4n) is 5.35. The highest BCUT2D eigenvalue weighted by Crippen LogP contribution is 2.38. The van der Waals surface area contributed by atoms with Gasteiger partial charge >= 0.3 is 0 Å². The molecule has 1 heterocycles. The van der Waals surface area contributed by atoms with E-state index in [0.717, 1.165) is 5.92 Å². The first-order chi connectivity index (χ1) is 13.3. The number of hydrogen-bond donors (Lipinski definition) is 2. The number of aromatic nitrogens is 1. The first kappa shape index (κ1) is 17.1. The van der Waals surface area contributed by atoms with Crippen molar-refractivity contribution < 1.29 is 0 Å². The number of aryl methyl sites for hydroxylation is 2. The van der Waals surface area contributed by atoms with Crippen LogP contribution in [0.4, 0.5) is 0 Å². The van der Waals surface area contributed by atoms with E-state index in [1.54, 1.807) is 5.56 Å². The van der Waals surface area contributed by atoms with Crippen molar-refractivity contribution in [3.63, 3.8) is 0 Å². The van der Waals surface area contributed by atoms with Crippen molar-refractivity contribution in [1.29, 1.82) is 0 Å². The number of hydrogen-bond acceptors (Lipinski definition) is 1. The molecule has 1 aromatic heterocycles. The van der Waals surface area contributed by atoms with Crippen molar-refractivity contribution in [2.45, 2.75) is 69.9 Å². The van der Waals surface area contributed by atoms with Gasteiger partial charge in [0.05, 0.1) is 0 Å². The van der Waals surface area contributed by atoms with Crippen LogP contribution in [0, 0.1) is 6.92 Å². The predicted octanol–water partition coefficient (Wildman–Crippen LogP) is 6.17. The minimum absolute atomic E-state index is 0.500. The zero-order chi connectivity index (χ0) is 18.2. The van der Waals surface area contributed by atoms with Crippen LogP contribution in [-0.2, 0) is 6.42 Å². The fraction of sp³-hybridized carbons (Fsp3) is 0.440. The second-order valence-electron chi connectivity index (χ2n) is 8.64. The summed E-state index contributed by atoms with van der Waals surface area (Å²) >= 11 is 0. The summed E-state index contributed by atoms with van der Waals surface area (Å²) in [4.78, 5) is 3.76. The maximum atomic E-state index is 4.03. The van der Waals surface area contributed by atoms with Crippen molar-refractivity contribution in [2.75, 3.05) is 0 Å². The normalized spacial score (nSPS) is 25.4. The molecule has 1 saturated carbocycles. The molecular weight excluding hydrogens is 328 g/mol. The molecule has 1 fully saturated rings. The molecule has 5 rings (SSSR count). The van der Waals surface area contributed by atoms with Crippen molar-refractivity contribution in [1.82, 2.24) is 10.3 Å². The van der Waals surface area contributed by atoms with E-state index >= 15 is 0 Å². The Kier molecular flexibility index (Phi) is 4.53. The number of nitrogens with one attached hydrogen (secondary N) is 2. The molecule has 2 aromatic carbocycles. The standard InChI is InChI=1S/C25H30N2/c1-17-10-15-23-22(16-17)21-8-5-9-24(25(21)27-23)26-20-13-11-19(12-14-20)18-6-3-2-4-7-18/h2-4,6-7,10,15-16,19-20,24,26-27H,5,8-9,11-14H2,1H3. The van der Waals surface area contributed by atoms with Crippen LogP contribution in [0.15, 0.2) is 48.5 Å². The third-order valence-electron chi connectivity index (χ3n) is 6.80. The highest BCUT2D eigenvalue weighted by molar-refractivity contribution is 5.85. The van der Waals surface area contributed by atoms with E-state index in [1.807, 2.05) is 0 Å². The quantitative estimate of drug-likeness (QED) is 0.576. The average molecular weight is 359 g/mol. The molecule has 140 valence electrons. The third kappa shape index (κ3) is 3.32. The first-order valence-corrected chi connectivity index (χ1v) is 10.7. The predicted molar refractivity (Wildman–Crippen MR) is 113 cm³/mol. The van der Waals surface area contributed by atoms with Gasteiger partial charge in [0.15, 0.2) is 0 Å². The molecule has 2 heteroatoms. The van der Waals surface area contributed by atoms with E-state index in [1.165, 1.54) is 72.7 Å². The highest BCUT2D eigenvalue weighted by Gasteiger charge is 2.28. The van der Waals surface area contributed by atoms with E-state index in [4.69, 9.17) is 0 Å². The molecule has 0 aliphatic heterocycles. The largest absolute Gasteiger partial charge is 0.357 e. The van der Waals surface area contributed by atoms with Crippen LogP contribution in [0.2, 0.25) is 0 Å². The van der Waals surface area contributed by atoms with Gasteiger partial charge < -0.3 is 10.3 Å². The van der Waals surface area contributed by atoms with Crippen LogP contribution >= 0.6 is 0 Å². The zero-order valence-corrected chi connectivity index (χ0v) is 16.3. The Morgan fingerprint density at radius 2 is 1.74 bits per heavy atom. The first-order valence-electron chi connectivity index (χ1n) is 10.7. The lowest BCUT2D eigenvalue weighted by atomic mass is 9.81. The summed E-state index contributed by atoms with van der Waals surface area (Å²) in [7, 11) is 0. The summed E-state index contributed by atoms with van der Waals surface area (Å²) in [5.74, 6) is 0.752. The minimum atomic E-state index is 0.500. The maximum absolute atomic E-state index is 4.03. The molecule has 0 amide bonds. The SMILES string of the molecule is Cc1ccc2[nH]c3c(c2c1)CCCC3NC1CCC(c2ccccc2)CC1. The second-order valence-corrected chi connectivity index (χ2v) is 8.64. The molecule has 1 atom stereocenters. The van der Waals surface area contributed by atoms with E-state index in [9.17, 15) is 0 Å². The lowest BCUT2D eigenvalue weighted by molar-refractivity contribution is 0.300. The lowest BCUT2D eigenvalue weighted by Crippen LogP contribution is -2.37. The number of aromatic amines is 1. The van der Waals surface area contributed by atoms with Crippen LogP contribution in [0.25, 0.3) is 10.9 Å². The Morgan fingerprint density at radius 1 is 0.926 bits per heavy atom. The van der Waals surface area contributed by atoms with E-state index in [-0.39, 0.29) is 0 Å². The van der Waals surface area contributed by atoms with Gasteiger partial charge in [-0.1, -0.05) is 42.0 Å². The number of benzene rings is 2. The summed E-state index contributed by atoms with van der Waals surface area (Å²) < 4.78 is 0. The van der Waals surface area contributed by atoms with Gasteiger partial charge in [-0.15, -0.1) is 0 Å². The highest BCUT2D eigenvalue weighted by atomic mass is 15.0. The maximum Gasteiger partial charge on any atom is 0.0478 e. The molecule has 0 saturated heterocycles. The smallest absolute Gasteiger partial charge is 0.0478 e. The van der Waals surface area contributed by atoms with E-state index in [0.29, 0.717) is 12.1 Å². The number of rotatable bonds is 3. The van der Waals surface area contributed by atoms with Gasteiger partial charge in [-0.3, -0.25) is 0 Å². The fourth-order valence-corrected chi connectivity index (χ4v) is 5.35. The van der Waals surface area contributed by atoms with Crippen LogP contribution in [-0.4, -0.2) is 11.0 Å². The van der Waals surface area contributed by atoms with Crippen molar-refractivity contribution in [3.05, 3.63) is 70.9 Å².